The molecule has 150 valence electrons. The van der Waals surface area contributed by atoms with Crippen LogP contribution in [0.25, 0.3) is 0 Å². The standard InChI is InChI=1S/C18H20ClN3O5S/c19-17-6-5-16(11-15(17)12-21-7-9-27-10-8-21)20-28(25,26)13-14-3-1-2-4-18(14)22(23)24/h1-6,11,20H,7-10,12-13H2. The van der Waals surface area contributed by atoms with E-state index in [1.165, 1.54) is 18.2 Å². The van der Waals surface area contributed by atoms with Gasteiger partial charge in [0.15, 0.2) is 0 Å². The van der Waals surface area contributed by atoms with E-state index in [4.69, 9.17) is 16.3 Å². The van der Waals surface area contributed by atoms with Crippen LogP contribution in [0.3, 0.4) is 0 Å². The number of anilines is 1. The van der Waals surface area contributed by atoms with Gasteiger partial charge in [-0.15, -0.1) is 0 Å². The molecule has 1 fully saturated rings. The molecule has 0 unspecified atom stereocenters. The molecule has 1 heterocycles. The molecule has 0 aliphatic carbocycles. The molecule has 1 N–H and O–H groups in total. The van der Waals surface area contributed by atoms with Crippen molar-refractivity contribution in [2.75, 3.05) is 31.0 Å². The molecule has 2 aromatic carbocycles. The summed E-state index contributed by atoms with van der Waals surface area (Å²) >= 11 is 6.26. The van der Waals surface area contributed by atoms with Crippen LogP contribution in [-0.4, -0.2) is 44.5 Å². The second-order valence-electron chi connectivity index (χ2n) is 6.44. The van der Waals surface area contributed by atoms with Crippen molar-refractivity contribution in [1.29, 1.82) is 0 Å². The minimum Gasteiger partial charge on any atom is -0.379 e. The number of benzene rings is 2. The predicted octanol–water partition coefficient (Wildman–Crippen LogP) is 3.02. The molecule has 1 saturated heterocycles. The van der Waals surface area contributed by atoms with Crippen molar-refractivity contribution in [3.05, 3.63) is 68.7 Å². The SMILES string of the molecule is O=[N+]([O-])c1ccccc1CS(=O)(=O)Nc1ccc(Cl)c(CN2CCOCC2)c1. The summed E-state index contributed by atoms with van der Waals surface area (Å²) in [5.41, 5.74) is 1.07. The van der Waals surface area contributed by atoms with Crippen LogP contribution in [0.1, 0.15) is 11.1 Å². The highest BCUT2D eigenvalue weighted by atomic mass is 35.5. The number of halogens is 1. The predicted molar refractivity (Wildman–Crippen MR) is 107 cm³/mol. The third-order valence-corrected chi connectivity index (χ3v) is 5.96. The van der Waals surface area contributed by atoms with Gasteiger partial charge in [0.05, 0.1) is 18.1 Å². The summed E-state index contributed by atoms with van der Waals surface area (Å²) in [6.45, 7) is 3.45. The minimum atomic E-state index is -3.84. The molecule has 0 amide bonds. The largest absolute Gasteiger partial charge is 0.379 e. The fourth-order valence-corrected chi connectivity index (χ4v) is 4.38. The number of para-hydroxylation sites is 1. The summed E-state index contributed by atoms with van der Waals surface area (Å²) < 4.78 is 32.9. The second-order valence-corrected chi connectivity index (χ2v) is 8.57. The topological polar surface area (TPSA) is 102 Å². The Kier molecular flexibility index (Phi) is 6.50. The van der Waals surface area contributed by atoms with Crippen LogP contribution in [0.2, 0.25) is 5.02 Å². The normalized spacial score (nSPS) is 15.3. The third-order valence-electron chi connectivity index (χ3n) is 4.35. The molecule has 1 aliphatic rings. The molecule has 8 nitrogen and oxygen atoms in total. The van der Waals surface area contributed by atoms with E-state index in [-0.39, 0.29) is 11.3 Å². The highest BCUT2D eigenvalue weighted by Gasteiger charge is 2.20. The van der Waals surface area contributed by atoms with Crippen molar-refractivity contribution >= 4 is 33.0 Å². The van der Waals surface area contributed by atoms with Gasteiger partial charge in [0.2, 0.25) is 10.0 Å². The number of ether oxygens (including phenoxy) is 1. The Morgan fingerprint density at radius 3 is 2.57 bits per heavy atom. The van der Waals surface area contributed by atoms with Gasteiger partial charge in [0.1, 0.15) is 5.75 Å². The maximum atomic E-state index is 12.5. The lowest BCUT2D eigenvalue weighted by Crippen LogP contribution is -2.35. The smallest absolute Gasteiger partial charge is 0.273 e. The van der Waals surface area contributed by atoms with E-state index in [9.17, 15) is 18.5 Å². The molecular formula is C18H20ClN3O5S. The van der Waals surface area contributed by atoms with Gasteiger partial charge < -0.3 is 4.74 Å². The van der Waals surface area contributed by atoms with Crippen molar-refractivity contribution in [3.63, 3.8) is 0 Å². The molecule has 1 aliphatic heterocycles. The zero-order valence-corrected chi connectivity index (χ0v) is 16.6. The minimum absolute atomic E-state index is 0.127. The maximum absolute atomic E-state index is 12.5. The fraction of sp³-hybridized carbons (Fsp3) is 0.333. The van der Waals surface area contributed by atoms with E-state index in [1.54, 1.807) is 24.3 Å². The summed E-state index contributed by atoms with van der Waals surface area (Å²) in [7, 11) is -3.84. The molecule has 0 bridgehead atoms. The molecule has 28 heavy (non-hydrogen) atoms. The van der Waals surface area contributed by atoms with Gasteiger partial charge >= 0.3 is 0 Å². The van der Waals surface area contributed by atoms with E-state index >= 15 is 0 Å². The molecule has 0 radical (unpaired) electrons. The van der Waals surface area contributed by atoms with Crippen LogP contribution < -0.4 is 4.72 Å². The van der Waals surface area contributed by atoms with E-state index < -0.39 is 20.7 Å². The van der Waals surface area contributed by atoms with E-state index in [0.29, 0.717) is 30.5 Å². The zero-order valence-electron chi connectivity index (χ0n) is 15.0. The summed E-state index contributed by atoms with van der Waals surface area (Å²) in [6, 6.07) is 10.7. The first-order valence-electron chi connectivity index (χ1n) is 8.65. The van der Waals surface area contributed by atoms with Gasteiger partial charge in [-0.2, -0.15) is 0 Å². The maximum Gasteiger partial charge on any atom is 0.273 e. The van der Waals surface area contributed by atoms with Crippen molar-refractivity contribution < 1.29 is 18.1 Å². The Morgan fingerprint density at radius 2 is 1.86 bits per heavy atom. The number of hydrogen-bond acceptors (Lipinski definition) is 6. The average molecular weight is 426 g/mol. The van der Waals surface area contributed by atoms with Gasteiger partial charge in [-0.1, -0.05) is 29.8 Å². The van der Waals surface area contributed by atoms with Crippen LogP contribution in [0, 0.1) is 10.1 Å². The van der Waals surface area contributed by atoms with E-state index in [0.717, 1.165) is 18.7 Å². The lowest BCUT2D eigenvalue weighted by atomic mass is 10.2. The van der Waals surface area contributed by atoms with Crippen LogP contribution in [0.4, 0.5) is 11.4 Å². The molecule has 0 atom stereocenters. The van der Waals surface area contributed by atoms with Crippen molar-refractivity contribution in [2.45, 2.75) is 12.3 Å². The Bertz CT molecular complexity index is 961. The Balaban J connectivity index is 1.75. The molecule has 0 aromatic heterocycles. The summed E-state index contributed by atoms with van der Waals surface area (Å²) in [5, 5.41) is 11.6. The number of nitro benzene ring substituents is 1. The molecule has 0 spiro atoms. The number of rotatable bonds is 7. The van der Waals surface area contributed by atoms with Crippen molar-refractivity contribution in [1.82, 2.24) is 4.90 Å². The summed E-state index contributed by atoms with van der Waals surface area (Å²) in [6.07, 6.45) is 0. The molecule has 10 heteroatoms. The Hall–Kier alpha value is -2.20. The number of nitrogens with one attached hydrogen (secondary N) is 1. The van der Waals surface area contributed by atoms with Gasteiger partial charge in [0.25, 0.3) is 5.69 Å². The molecular weight excluding hydrogens is 406 g/mol. The molecule has 0 saturated carbocycles. The number of hydrogen-bond donors (Lipinski definition) is 1. The fourth-order valence-electron chi connectivity index (χ4n) is 2.99. The molecule has 2 aromatic rings. The number of sulfonamides is 1. The van der Waals surface area contributed by atoms with Crippen molar-refractivity contribution in [3.8, 4) is 0 Å². The average Bonchev–Trinajstić information content (AvgIpc) is 2.65. The lowest BCUT2D eigenvalue weighted by Gasteiger charge is -2.27. The first kappa shape index (κ1) is 20.5. The first-order chi connectivity index (χ1) is 13.3. The number of morpholine rings is 1. The van der Waals surface area contributed by atoms with Crippen LogP contribution in [0.5, 0.6) is 0 Å². The van der Waals surface area contributed by atoms with Crippen molar-refractivity contribution in [2.24, 2.45) is 0 Å². The van der Waals surface area contributed by atoms with Gasteiger partial charge in [-0.25, -0.2) is 8.42 Å². The number of nitro groups is 1. The Morgan fingerprint density at radius 1 is 1.14 bits per heavy atom. The highest BCUT2D eigenvalue weighted by molar-refractivity contribution is 7.91. The number of nitrogens with zero attached hydrogens (tertiary/aromatic N) is 2. The van der Waals surface area contributed by atoms with E-state index in [2.05, 4.69) is 9.62 Å². The monoisotopic (exact) mass is 425 g/mol. The van der Waals surface area contributed by atoms with Gasteiger partial charge in [-0.05, 0) is 23.8 Å². The highest BCUT2D eigenvalue weighted by Crippen LogP contribution is 2.25. The van der Waals surface area contributed by atoms with Gasteiger partial charge in [0, 0.05) is 42.0 Å². The zero-order chi connectivity index (χ0) is 20.1. The molecule has 3 rings (SSSR count). The van der Waals surface area contributed by atoms with Crippen LogP contribution >= 0.6 is 11.6 Å². The van der Waals surface area contributed by atoms with E-state index in [1.807, 2.05) is 0 Å². The second kappa shape index (κ2) is 8.87. The summed E-state index contributed by atoms with van der Waals surface area (Å²) in [5.74, 6) is -0.494. The summed E-state index contributed by atoms with van der Waals surface area (Å²) in [4.78, 5) is 12.7. The van der Waals surface area contributed by atoms with Crippen LogP contribution in [-0.2, 0) is 27.1 Å². The van der Waals surface area contributed by atoms with Crippen LogP contribution in [0.15, 0.2) is 42.5 Å². The quantitative estimate of drug-likeness (QED) is 0.540. The third kappa shape index (κ3) is 5.41. The lowest BCUT2D eigenvalue weighted by molar-refractivity contribution is -0.385. The first-order valence-corrected chi connectivity index (χ1v) is 10.7. The Labute approximate surface area is 168 Å². The van der Waals surface area contributed by atoms with Gasteiger partial charge in [-0.3, -0.25) is 19.7 Å².